The van der Waals surface area contributed by atoms with E-state index in [2.05, 4.69) is 22.9 Å². The number of carbonyl (C=O) groups excluding carboxylic acids is 2. The van der Waals surface area contributed by atoms with Gasteiger partial charge in [-0.25, -0.2) is 3.11 Å². The van der Waals surface area contributed by atoms with Gasteiger partial charge in [-0.15, -0.1) is 0 Å². The molecule has 14 heavy (non-hydrogen) atoms. The molecule has 1 saturated heterocycles. The summed E-state index contributed by atoms with van der Waals surface area (Å²) in [5.41, 5.74) is 0. The van der Waals surface area contributed by atoms with Gasteiger partial charge in [-0.1, -0.05) is 6.92 Å². The van der Waals surface area contributed by atoms with Crippen LogP contribution in [0, 0.1) is 0 Å². The lowest BCUT2D eigenvalue weighted by Crippen LogP contribution is -2.53. The number of hydrogen-bond donors (Lipinski definition) is 0. The van der Waals surface area contributed by atoms with E-state index in [-0.39, 0.29) is 17.7 Å². The molecule has 0 aromatic rings. The van der Waals surface area contributed by atoms with Crippen molar-refractivity contribution in [2.45, 2.75) is 26.3 Å². The SMILES string of the molecule is CCC(=O)N1CCN(I)[C@H](C(C)=O)C1. The fraction of sp³-hybridized carbons (Fsp3) is 0.778. The number of piperazine rings is 1. The highest BCUT2D eigenvalue weighted by Crippen LogP contribution is 2.15. The molecule has 1 heterocycles. The van der Waals surface area contributed by atoms with Gasteiger partial charge in [0.15, 0.2) is 0 Å². The van der Waals surface area contributed by atoms with E-state index in [1.54, 1.807) is 11.8 Å². The van der Waals surface area contributed by atoms with Crippen molar-refractivity contribution in [3.8, 4) is 0 Å². The molecule has 1 fully saturated rings. The van der Waals surface area contributed by atoms with Gasteiger partial charge in [0.25, 0.3) is 0 Å². The van der Waals surface area contributed by atoms with Crippen molar-refractivity contribution in [2.75, 3.05) is 19.6 Å². The van der Waals surface area contributed by atoms with Crippen molar-refractivity contribution in [3.63, 3.8) is 0 Å². The Hall–Kier alpha value is -0.170. The Morgan fingerprint density at radius 2 is 2.07 bits per heavy atom. The topological polar surface area (TPSA) is 40.6 Å². The Kier molecular flexibility index (Phi) is 4.31. The van der Waals surface area contributed by atoms with E-state index in [0.717, 1.165) is 13.1 Å². The largest absolute Gasteiger partial charge is 0.339 e. The third-order valence-electron chi connectivity index (χ3n) is 2.44. The molecular weight excluding hydrogens is 295 g/mol. The van der Waals surface area contributed by atoms with Gasteiger partial charge in [-0.2, -0.15) is 0 Å². The average molecular weight is 310 g/mol. The van der Waals surface area contributed by atoms with Gasteiger partial charge in [0.2, 0.25) is 5.91 Å². The lowest BCUT2D eigenvalue weighted by molar-refractivity contribution is -0.134. The number of ketones is 1. The summed E-state index contributed by atoms with van der Waals surface area (Å²) in [4.78, 5) is 24.5. The number of hydrogen-bond acceptors (Lipinski definition) is 3. The highest BCUT2D eigenvalue weighted by Gasteiger charge is 2.30. The zero-order chi connectivity index (χ0) is 10.7. The lowest BCUT2D eigenvalue weighted by Gasteiger charge is -2.36. The second kappa shape index (κ2) is 5.06. The van der Waals surface area contributed by atoms with E-state index in [4.69, 9.17) is 0 Å². The standard InChI is InChI=1S/C9H15IN2O2/c1-3-9(14)11-4-5-12(10)8(6-11)7(2)13/h8H,3-6H2,1-2H3/t8-/m0/s1. The molecule has 0 aromatic heterocycles. The Morgan fingerprint density at radius 1 is 1.43 bits per heavy atom. The number of amides is 1. The summed E-state index contributed by atoms with van der Waals surface area (Å²) in [7, 11) is 0. The summed E-state index contributed by atoms with van der Waals surface area (Å²) >= 11 is 2.15. The molecule has 1 amide bonds. The molecule has 1 aliphatic rings. The van der Waals surface area contributed by atoms with Crippen molar-refractivity contribution in [1.82, 2.24) is 8.01 Å². The monoisotopic (exact) mass is 310 g/mol. The van der Waals surface area contributed by atoms with Crippen LogP contribution in [0.2, 0.25) is 0 Å². The van der Waals surface area contributed by atoms with Gasteiger partial charge < -0.3 is 4.90 Å². The third kappa shape index (κ3) is 2.66. The van der Waals surface area contributed by atoms with Crippen molar-refractivity contribution in [3.05, 3.63) is 0 Å². The van der Waals surface area contributed by atoms with Crippen molar-refractivity contribution in [1.29, 1.82) is 0 Å². The predicted molar refractivity (Wildman–Crippen MR) is 62.1 cm³/mol. The number of nitrogens with zero attached hydrogens (tertiary/aromatic N) is 2. The number of rotatable bonds is 2. The van der Waals surface area contributed by atoms with Crippen molar-refractivity contribution >= 4 is 34.6 Å². The van der Waals surface area contributed by atoms with Gasteiger partial charge in [0, 0.05) is 48.9 Å². The van der Waals surface area contributed by atoms with Crippen LogP contribution in [0.1, 0.15) is 20.3 Å². The Balaban J connectivity index is 2.62. The predicted octanol–water partition coefficient (Wildman–Crippen LogP) is 0.848. The Morgan fingerprint density at radius 3 is 2.57 bits per heavy atom. The molecule has 5 heteroatoms. The minimum absolute atomic E-state index is 0.125. The zero-order valence-corrected chi connectivity index (χ0v) is 10.7. The van der Waals surface area contributed by atoms with Crippen LogP contribution in [-0.2, 0) is 9.59 Å². The van der Waals surface area contributed by atoms with Crippen LogP contribution < -0.4 is 0 Å². The first-order chi connectivity index (χ1) is 6.56. The summed E-state index contributed by atoms with van der Waals surface area (Å²) in [6.07, 6.45) is 0.520. The summed E-state index contributed by atoms with van der Waals surface area (Å²) in [6.45, 7) is 5.48. The Labute approximate surface area is 98.1 Å². The van der Waals surface area contributed by atoms with Crippen LogP contribution in [0.25, 0.3) is 0 Å². The van der Waals surface area contributed by atoms with Crippen LogP contribution in [0.3, 0.4) is 0 Å². The maximum absolute atomic E-state index is 11.4. The van der Waals surface area contributed by atoms with E-state index in [9.17, 15) is 9.59 Å². The van der Waals surface area contributed by atoms with Crippen LogP contribution >= 0.6 is 22.9 Å². The fourth-order valence-electron chi connectivity index (χ4n) is 1.54. The smallest absolute Gasteiger partial charge is 0.222 e. The van der Waals surface area contributed by atoms with E-state index >= 15 is 0 Å². The van der Waals surface area contributed by atoms with Gasteiger partial charge >= 0.3 is 0 Å². The van der Waals surface area contributed by atoms with E-state index in [1.165, 1.54) is 0 Å². The molecule has 0 aliphatic carbocycles. The number of halogens is 1. The maximum atomic E-state index is 11.4. The highest BCUT2D eigenvalue weighted by atomic mass is 127. The molecule has 4 nitrogen and oxygen atoms in total. The molecule has 80 valence electrons. The fourth-order valence-corrected chi connectivity index (χ4v) is 2.32. The molecule has 0 unspecified atom stereocenters. The van der Waals surface area contributed by atoms with Crippen LogP contribution in [0.15, 0.2) is 0 Å². The second-order valence-corrected chi connectivity index (χ2v) is 4.68. The summed E-state index contributed by atoms with van der Waals surface area (Å²) in [6, 6.07) is -0.125. The molecule has 0 radical (unpaired) electrons. The van der Waals surface area contributed by atoms with Crippen LogP contribution in [0.5, 0.6) is 0 Å². The van der Waals surface area contributed by atoms with Gasteiger partial charge in [0.05, 0.1) is 6.04 Å². The summed E-state index contributed by atoms with van der Waals surface area (Å²) in [5, 5.41) is 0. The molecular formula is C9H15IN2O2. The highest BCUT2D eigenvalue weighted by molar-refractivity contribution is 14.1. The van der Waals surface area contributed by atoms with Crippen molar-refractivity contribution < 1.29 is 9.59 Å². The molecule has 1 atom stereocenters. The van der Waals surface area contributed by atoms with E-state index in [1.807, 2.05) is 10.0 Å². The molecule has 0 saturated carbocycles. The van der Waals surface area contributed by atoms with E-state index in [0.29, 0.717) is 13.0 Å². The molecule has 0 spiro atoms. The molecule has 0 N–H and O–H groups in total. The average Bonchev–Trinajstić information content (AvgIpc) is 2.17. The van der Waals surface area contributed by atoms with E-state index < -0.39 is 0 Å². The van der Waals surface area contributed by atoms with Gasteiger partial charge in [-0.05, 0) is 6.92 Å². The van der Waals surface area contributed by atoms with Crippen molar-refractivity contribution in [2.24, 2.45) is 0 Å². The molecule has 1 aliphatic heterocycles. The minimum atomic E-state index is -0.125. The maximum Gasteiger partial charge on any atom is 0.222 e. The first-order valence-corrected chi connectivity index (χ1v) is 5.73. The summed E-state index contributed by atoms with van der Waals surface area (Å²) in [5.74, 6) is 0.272. The van der Waals surface area contributed by atoms with Crippen LogP contribution in [0.4, 0.5) is 0 Å². The minimum Gasteiger partial charge on any atom is -0.339 e. The number of carbonyl (C=O) groups is 2. The van der Waals surface area contributed by atoms with Gasteiger partial charge in [0.1, 0.15) is 5.78 Å². The first kappa shape index (κ1) is 11.9. The lowest BCUT2D eigenvalue weighted by atomic mass is 10.1. The third-order valence-corrected chi connectivity index (χ3v) is 3.59. The second-order valence-electron chi connectivity index (χ2n) is 3.44. The molecule has 0 bridgehead atoms. The van der Waals surface area contributed by atoms with Crippen LogP contribution in [-0.4, -0.2) is 45.4 Å². The normalized spacial score (nSPS) is 23.6. The molecule has 1 rings (SSSR count). The quantitative estimate of drug-likeness (QED) is 0.561. The zero-order valence-electron chi connectivity index (χ0n) is 8.49. The summed E-state index contributed by atoms with van der Waals surface area (Å²) < 4.78 is 1.99. The molecule has 0 aromatic carbocycles. The van der Waals surface area contributed by atoms with Gasteiger partial charge in [-0.3, -0.25) is 9.59 Å². The number of Topliss-reactive ketones (excluding diaryl/α,β-unsaturated/α-hetero) is 1. The first-order valence-electron chi connectivity index (χ1n) is 4.77. The Bertz CT molecular complexity index is 245.